The van der Waals surface area contributed by atoms with E-state index in [1.807, 2.05) is 30.7 Å². The second-order valence-corrected chi connectivity index (χ2v) is 4.21. The smallest absolute Gasteiger partial charge is 0.352 e. The van der Waals surface area contributed by atoms with Crippen LogP contribution in [0.4, 0.5) is 0 Å². The summed E-state index contributed by atoms with van der Waals surface area (Å²) >= 11 is 0. The molecule has 0 bridgehead atoms. The maximum absolute atomic E-state index is 11.3. The van der Waals surface area contributed by atoms with E-state index in [9.17, 15) is 9.90 Å². The van der Waals surface area contributed by atoms with Gasteiger partial charge in [-0.2, -0.15) is 0 Å². The lowest BCUT2D eigenvalue weighted by atomic mass is 10.0. The summed E-state index contributed by atoms with van der Waals surface area (Å²) in [6.45, 7) is 4.09. The molecular weight excluding hydrogens is 214 g/mol. The van der Waals surface area contributed by atoms with Crippen molar-refractivity contribution in [3.8, 4) is 0 Å². The number of aromatic nitrogens is 1. The zero-order valence-corrected chi connectivity index (χ0v) is 10.4. The molecule has 3 heteroatoms. The first-order valence-electron chi connectivity index (χ1n) is 5.94. The summed E-state index contributed by atoms with van der Waals surface area (Å²) in [5.74, 6) is -0.845. The van der Waals surface area contributed by atoms with Crippen LogP contribution in [0.15, 0.2) is 18.2 Å². The number of para-hydroxylation sites is 1. The minimum atomic E-state index is -0.845. The summed E-state index contributed by atoms with van der Waals surface area (Å²) < 4.78 is 1.81. The number of aromatic carboxylic acids is 1. The molecule has 0 saturated carbocycles. The molecule has 0 spiro atoms. The van der Waals surface area contributed by atoms with E-state index in [0.717, 1.165) is 29.3 Å². The molecule has 0 radical (unpaired) electrons. The van der Waals surface area contributed by atoms with Crippen LogP contribution in [0.5, 0.6) is 0 Å². The van der Waals surface area contributed by atoms with Crippen LogP contribution in [-0.2, 0) is 19.9 Å². The number of rotatable bonds is 3. The molecule has 1 heterocycles. The van der Waals surface area contributed by atoms with E-state index in [4.69, 9.17) is 0 Å². The van der Waals surface area contributed by atoms with Crippen LogP contribution >= 0.6 is 0 Å². The third-order valence-electron chi connectivity index (χ3n) is 3.34. The SMILES string of the molecule is CCc1c(C(=O)O)n(C)c2c(CC)cccc12. The molecular formula is C14H17NO2. The molecule has 0 fully saturated rings. The Kier molecular flexibility index (Phi) is 2.92. The normalized spacial score (nSPS) is 11.0. The maximum Gasteiger partial charge on any atom is 0.352 e. The number of fused-ring (bicyclic) bond motifs is 1. The van der Waals surface area contributed by atoms with Gasteiger partial charge < -0.3 is 9.67 Å². The Bertz CT molecular complexity index is 581. The summed E-state index contributed by atoms with van der Waals surface area (Å²) in [4.78, 5) is 11.3. The highest BCUT2D eigenvalue weighted by Gasteiger charge is 2.20. The average molecular weight is 231 g/mol. The lowest BCUT2D eigenvalue weighted by Gasteiger charge is -2.04. The predicted molar refractivity (Wildman–Crippen MR) is 68.6 cm³/mol. The molecule has 1 aromatic carbocycles. The lowest BCUT2D eigenvalue weighted by Crippen LogP contribution is -2.07. The summed E-state index contributed by atoms with van der Waals surface area (Å²) in [6.07, 6.45) is 1.66. The summed E-state index contributed by atoms with van der Waals surface area (Å²) in [6, 6.07) is 6.08. The van der Waals surface area contributed by atoms with Gasteiger partial charge in [0.05, 0.1) is 5.52 Å². The number of carboxylic acid groups (broad SMARTS) is 1. The van der Waals surface area contributed by atoms with E-state index in [1.54, 1.807) is 0 Å². The highest BCUT2D eigenvalue weighted by molar-refractivity contribution is 5.99. The number of hydrogen-bond donors (Lipinski definition) is 1. The largest absolute Gasteiger partial charge is 0.477 e. The van der Waals surface area contributed by atoms with Crippen molar-refractivity contribution in [3.63, 3.8) is 0 Å². The van der Waals surface area contributed by atoms with Crippen LogP contribution in [0.1, 0.15) is 35.5 Å². The summed E-state index contributed by atoms with van der Waals surface area (Å²) in [5, 5.41) is 10.4. The predicted octanol–water partition coefficient (Wildman–Crippen LogP) is 3.00. The van der Waals surface area contributed by atoms with Crippen molar-refractivity contribution in [1.82, 2.24) is 4.57 Å². The van der Waals surface area contributed by atoms with Crippen molar-refractivity contribution < 1.29 is 9.90 Å². The molecule has 0 aliphatic carbocycles. The third kappa shape index (κ3) is 1.62. The van der Waals surface area contributed by atoms with Gasteiger partial charge in [-0.15, -0.1) is 0 Å². The number of aryl methyl sites for hydroxylation is 3. The van der Waals surface area contributed by atoms with Crippen molar-refractivity contribution in [2.24, 2.45) is 7.05 Å². The number of hydrogen-bond acceptors (Lipinski definition) is 1. The minimum absolute atomic E-state index is 0.420. The Hall–Kier alpha value is -1.77. The van der Waals surface area contributed by atoms with E-state index in [-0.39, 0.29) is 0 Å². The van der Waals surface area contributed by atoms with Gasteiger partial charge in [-0.05, 0) is 24.0 Å². The monoisotopic (exact) mass is 231 g/mol. The number of carboxylic acids is 1. The quantitative estimate of drug-likeness (QED) is 0.882. The molecule has 0 atom stereocenters. The molecule has 1 aromatic heterocycles. The van der Waals surface area contributed by atoms with Gasteiger partial charge in [-0.25, -0.2) is 4.79 Å². The fourth-order valence-electron chi connectivity index (χ4n) is 2.59. The van der Waals surface area contributed by atoms with Gasteiger partial charge in [0.15, 0.2) is 0 Å². The zero-order chi connectivity index (χ0) is 12.6. The molecule has 0 saturated heterocycles. The van der Waals surface area contributed by atoms with Crippen molar-refractivity contribution in [3.05, 3.63) is 35.0 Å². The highest BCUT2D eigenvalue weighted by atomic mass is 16.4. The molecule has 0 aliphatic heterocycles. The fraction of sp³-hybridized carbons (Fsp3) is 0.357. The van der Waals surface area contributed by atoms with Crippen molar-refractivity contribution >= 4 is 16.9 Å². The van der Waals surface area contributed by atoms with Gasteiger partial charge in [0.2, 0.25) is 0 Å². The van der Waals surface area contributed by atoms with Crippen LogP contribution in [-0.4, -0.2) is 15.6 Å². The summed E-state index contributed by atoms with van der Waals surface area (Å²) in [7, 11) is 1.84. The Morgan fingerprint density at radius 3 is 2.53 bits per heavy atom. The second-order valence-electron chi connectivity index (χ2n) is 4.21. The molecule has 90 valence electrons. The number of nitrogens with zero attached hydrogens (tertiary/aromatic N) is 1. The lowest BCUT2D eigenvalue weighted by molar-refractivity contribution is 0.0686. The van der Waals surface area contributed by atoms with Gasteiger partial charge >= 0.3 is 5.97 Å². The zero-order valence-electron chi connectivity index (χ0n) is 10.4. The average Bonchev–Trinajstić information content (AvgIpc) is 2.62. The van der Waals surface area contributed by atoms with Gasteiger partial charge in [0.25, 0.3) is 0 Å². The van der Waals surface area contributed by atoms with Crippen LogP contribution in [0, 0.1) is 0 Å². The van der Waals surface area contributed by atoms with Gasteiger partial charge in [-0.3, -0.25) is 0 Å². The first-order chi connectivity index (χ1) is 8.11. The van der Waals surface area contributed by atoms with Crippen LogP contribution < -0.4 is 0 Å². The van der Waals surface area contributed by atoms with E-state index >= 15 is 0 Å². The van der Waals surface area contributed by atoms with Gasteiger partial charge in [0, 0.05) is 12.4 Å². The molecule has 2 aromatic rings. The molecule has 1 N–H and O–H groups in total. The standard InChI is InChI=1S/C14H17NO2/c1-4-9-7-6-8-11-10(5-2)13(14(16)17)15(3)12(9)11/h6-8H,4-5H2,1-3H3,(H,16,17). The van der Waals surface area contributed by atoms with E-state index < -0.39 is 5.97 Å². The minimum Gasteiger partial charge on any atom is -0.477 e. The molecule has 2 rings (SSSR count). The highest BCUT2D eigenvalue weighted by Crippen LogP contribution is 2.28. The van der Waals surface area contributed by atoms with E-state index in [2.05, 4.69) is 13.0 Å². The van der Waals surface area contributed by atoms with E-state index in [0.29, 0.717) is 5.69 Å². The van der Waals surface area contributed by atoms with Gasteiger partial charge in [-0.1, -0.05) is 32.0 Å². The Morgan fingerprint density at radius 2 is 2.00 bits per heavy atom. The first-order valence-corrected chi connectivity index (χ1v) is 5.94. The Morgan fingerprint density at radius 1 is 1.29 bits per heavy atom. The third-order valence-corrected chi connectivity index (χ3v) is 3.34. The van der Waals surface area contributed by atoms with Crippen LogP contribution in [0.25, 0.3) is 10.9 Å². The van der Waals surface area contributed by atoms with Crippen molar-refractivity contribution in [1.29, 1.82) is 0 Å². The maximum atomic E-state index is 11.3. The molecule has 0 amide bonds. The molecule has 0 aliphatic rings. The Balaban J connectivity index is 2.93. The van der Waals surface area contributed by atoms with Crippen molar-refractivity contribution in [2.75, 3.05) is 0 Å². The van der Waals surface area contributed by atoms with Gasteiger partial charge in [0.1, 0.15) is 5.69 Å². The number of carbonyl (C=O) groups is 1. The van der Waals surface area contributed by atoms with Crippen molar-refractivity contribution in [2.45, 2.75) is 26.7 Å². The topological polar surface area (TPSA) is 42.2 Å². The summed E-state index contributed by atoms with van der Waals surface area (Å²) in [5.41, 5.74) is 3.62. The first kappa shape index (κ1) is 11.7. The Labute approximate surface area is 101 Å². The number of benzene rings is 1. The molecule has 17 heavy (non-hydrogen) atoms. The second kappa shape index (κ2) is 4.24. The van der Waals surface area contributed by atoms with Crippen LogP contribution in [0.3, 0.4) is 0 Å². The molecule has 0 unspecified atom stereocenters. The van der Waals surface area contributed by atoms with E-state index in [1.165, 1.54) is 5.56 Å². The van der Waals surface area contributed by atoms with Crippen LogP contribution in [0.2, 0.25) is 0 Å². The molecule has 3 nitrogen and oxygen atoms in total. The fourth-order valence-corrected chi connectivity index (χ4v) is 2.59.